The van der Waals surface area contributed by atoms with Crippen molar-refractivity contribution in [3.8, 4) is 17.2 Å². The molecular weight excluding hydrogens is 454 g/mol. The Morgan fingerprint density at radius 1 is 1.16 bits per heavy atom. The fourth-order valence-corrected chi connectivity index (χ4v) is 3.49. The summed E-state index contributed by atoms with van der Waals surface area (Å²) in [4.78, 5) is 0. The molecule has 4 rings (SSSR count). The van der Waals surface area contributed by atoms with E-state index in [0.29, 0.717) is 22.4 Å². The molecule has 2 aromatic carbocycles. The number of hydrogen-bond acceptors (Lipinski definition) is 5. The van der Waals surface area contributed by atoms with Gasteiger partial charge in [0.25, 0.3) is 5.11 Å². The summed E-state index contributed by atoms with van der Waals surface area (Å²) < 4.78 is 16.2. The van der Waals surface area contributed by atoms with Crippen molar-refractivity contribution >= 4 is 23.0 Å². The van der Waals surface area contributed by atoms with E-state index >= 15 is 0 Å². The summed E-state index contributed by atoms with van der Waals surface area (Å²) in [5.41, 5.74) is 12.2. The summed E-state index contributed by atoms with van der Waals surface area (Å²) in [5.74, 6) is 1.74. The fraction of sp³-hybridized carbons (Fsp3) is 0.174. The third-order valence-electron chi connectivity index (χ3n) is 4.76. The van der Waals surface area contributed by atoms with Crippen LogP contribution in [0.3, 0.4) is 0 Å². The van der Waals surface area contributed by atoms with Crippen LogP contribution in [0.25, 0.3) is 5.70 Å². The Bertz CT molecular complexity index is 897. The van der Waals surface area contributed by atoms with Crippen LogP contribution in [0.5, 0.6) is 17.2 Å². The minimum atomic E-state index is 0. The molecule has 1 aliphatic heterocycles. The average molecular weight is 480 g/mol. The van der Waals surface area contributed by atoms with Gasteiger partial charge in [-0.3, -0.25) is 0 Å². The molecule has 2 atom stereocenters. The van der Waals surface area contributed by atoms with Crippen molar-refractivity contribution in [2.24, 2.45) is 5.73 Å². The minimum absolute atomic E-state index is 0. The van der Waals surface area contributed by atoms with Crippen LogP contribution in [0.15, 0.2) is 54.6 Å². The Balaban J connectivity index is 0.000000501. The topological polar surface area (TPSA) is 70.2 Å². The van der Waals surface area contributed by atoms with Crippen molar-refractivity contribution < 1.29 is 36.3 Å². The molecule has 0 fully saturated rings. The van der Waals surface area contributed by atoms with Crippen molar-refractivity contribution in [1.82, 2.24) is 5.43 Å². The van der Waals surface area contributed by atoms with Crippen LogP contribution < -0.4 is 30.4 Å². The van der Waals surface area contributed by atoms with Crippen molar-refractivity contribution in [1.29, 1.82) is 0 Å². The van der Waals surface area contributed by atoms with Crippen LogP contribution in [0.1, 0.15) is 17.2 Å². The van der Waals surface area contributed by atoms with Crippen molar-refractivity contribution in [2.45, 2.75) is 6.04 Å². The molecule has 0 aromatic heterocycles. The van der Waals surface area contributed by atoms with Gasteiger partial charge in [0.05, 0.1) is 27.0 Å². The molecule has 0 amide bonds. The summed E-state index contributed by atoms with van der Waals surface area (Å²) in [5, 5.41) is 1.16. The third-order valence-corrected chi connectivity index (χ3v) is 4.98. The van der Waals surface area contributed by atoms with Crippen molar-refractivity contribution in [2.75, 3.05) is 21.3 Å². The van der Waals surface area contributed by atoms with E-state index in [2.05, 4.69) is 23.6 Å². The second-order valence-electron chi connectivity index (χ2n) is 6.56. The molecule has 166 valence electrons. The molecule has 1 aliphatic carbocycles. The molecule has 6 nitrogen and oxygen atoms in total. The number of hydrogen-bond donors (Lipinski definition) is 3. The molecule has 8 heteroatoms. The Kier molecular flexibility index (Phi) is 9.40. The summed E-state index contributed by atoms with van der Waals surface area (Å²) in [7, 11) is 4.77. The zero-order chi connectivity index (χ0) is 21.5. The van der Waals surface area contributed by atoms with Gasteiger partial charge >= 0.3 is 0 Å². The third kappa shape index (κ3) is 5.80. The van der Waals surface area contributed by atoms with Gasteiger partial charge in [-0.05, 0) is 12.1 Å². The predicted molar refractivity (Wildman–Crippen MR) is 122 cm³/mol. The summed E-state index contributed by atoms with van der Waals surface area (Å²) >= 11 is 5.22. The van der Waals surface area contributed by atoms with Gasteiger partial charge in [0.2, 0.25) is 5.75 Å². The maximum Gasteiger partial charge on any atom is 0.291 e. The van der Waals surface area contributed by atoms with Gasteiger partial charge < -0.3 is 19.9 Å². The first-order chi connectivity index (χ1) is 14.6. The van der Waals surface area contributed by atoms with Crippen LogP contribution in [0.2, 0.25) is 0 Å². The number of nitrogens with one attached hydrogen (secondary N) is 2. The van der Waals surface area contributed by atoms with E-state index in [4.69, 9.17) is 32.2 Å². The van der Waals surface area contributed by atoms with Gasteiger partial charge in [0.1, 0.15) is 6.04 Å². The molecule has 4 N–H and O–H groups in total. The second kappa shape index (κ2) is 11.8. The van der Waals surface area contributed by atoms with E-state index in [1.165, 1.54) is 0 Å². The zero-order valence-corrected chi connectivity index (χ0v) is 19.5. The Hall–Kier alpha value is -2.51. The predicted octanol–water partition coefficient (Wildman–Crippen LogP) is 2.33. The maximum absolute atomic E-state index is 5.92. The molecule has 0 saturated heterocycles. The SMILES string of the molecule is COc1cc(C2=CC(c3ccc[cH-]3)[NH+](C(N)=S)N2)cc(OC)c1OC.[CH]1[CH][CH-]C=C1.[Fe]. The fourth-order valence-electron chi connectivity index (χ4n) is 3.31. The number of quaternary nitrogens is 1. The number of methoxy groups -OCH3 is 3. The molecule has 0 bridgehead atoms. The standard InChI is InChI=1S/C18H20N3O3S.C5H5.Fe/c1-22-15-8-12(9-16(23-2)17(15)24-3)13-10-14(11-6-4-5-7-11)21(20-13)18(19)25;1-2-4-5-3-1;/h4-10,14,20H,1-3H3,(H2,19,25);1-5H;/q2*-1;/p+1. The first-order valence-electron chi connectivity index (χ1n) is 9.43. The molecule has 2 aromatic rings. The van der Waals surface area contributed by atoms with Crippen molar-refractivity contribution in [3.63, 3.8) is 0 Å². The second-order valence-corrected chi connectivity index (χ2v) is 7.00. The van der Waals surface area contributed by atoms with Crippen LogP contribution in [-0.2, 0) is 17.1 Å². The number of rotatable bonds is 5. The van der Waals surface area contributed by atoms with Gasteiger partial charge in [-0.1, -0.05) is 0 Å². The summed E-state index contributed by atoms with van der Waals surface area (Å²) in [6.45, 7) is 0. The van der Waals surface area contributed by atoms with Crippen molar-refractivity contribution in [3.05, 3.63) is 85.0 Å². The Morgan fingerprint density at radius 3 is 2.29 bits per heavy atom. The number of ether oxygens (including phenoxy) is 3. The van der Waals surface area contributed by atoms with Crippen LogP contribution in [0, 0.1) is 19.3 Å². The normalized spacial score (nSPS) is 18.5. The quantitative estimate of drug-likeness (QED) is 0.347. The first-order valence-corrected chi connectivity index (χ1v) is 9.84. The maximum atomic E-state index is 5.92. The van der Waals surface area contributed by atoms with Gasteiger partial charge in [0.15, 0.2) is 11.5 Å². The largest absolute Gasteiger partial charge is 0.493 e. The molecule has 1 heterocycles. The van der Waals surface area contributed by atoms with Gasteiger partial charge in [-0.15, -0.1) is 18.4 Å². The molecule has 31 heavy (non-hydrogen) atoms. The molecular formula is C23H26FeN3O3S-. The Labute approximate surface area is 199 Å². The van der Waals surface area contributed by atoms with E-state index in [1.54, 1.807) is 21.3 Å². The van der Waals surface area contributed by atoms with E-state index in [9.17, 15) is 0 Å². The average Bonchev–Trinajstić information content (AvgIpc) is 3.54. The Morgan fingerprint density at radius 2 is 1.87 bits per heavy atom. The number of benzene rings is 1. The molecule has 0 spiro atoms. The van der Waals surface area contributed by atoms with E-state index in [1.807, 2.05) is 55.7 Å². The smallest absolute Gasteiger partial charge is 0.291 e. The summed E-state index contributed by atoms with van der Waals surface area (Å²) in [6.07, 6.45) is 12.1. The van der Waals surface area contributed by atoms with Crippen LogP contribution in [0.4, 0.5) is 0 Å². The van der Waals surface area contributed by atoms with E-state index in [-0.39, 0.29) is 23.1 Å². The first kappa shape index (κ1) is 24.8. The number of nitrogens with two attached hydrogens (primary N) is 1. The van der Waals surface area contributed by atoms with E-state index < -0.39 is 0 Å². The van der Waals surface area contributed by atoms with E-state index in [0.717, 1.165) is 21.8 Å². The number of allylic oxidation sites excluding steroid dienone is 2. The zero-order valence-electron chi connectivity index (χ0n) is 17.6. The molecule has 2 unspecified atom stereocenters. The monoisotopic (exact) mass is 480 g/mol. The summed E-state index contributed by atoms with van der Waals surface area (Å²) in [6, 6.07) is 11.9. The number of thiocarbonyl (C=S) groups is 1. The molecule has 2 radical (unpaired) electrons. The van der Waals surface area contributed by atoms with Crippen LogP contribution in [-0.4, -0.2) is 26.4 Å². The van der Waals surface area contributed by atoms with Crippen LogP contribution >= 0.6 is 12.2 Å². The minimum Gasteiger partial charge on any atom is -0.493 e. The molecule has 0 saturated carbocycles. The molecule has 2 aliphatic rings. The van der Waals surface area contributed by atoms with Gasteiger partial charge in [-0.25, -0.2) is 36.1 Å². The van der Waals surface area contributed by atoms with Gasteiger partial charge in [-0.2, -0.15) is 17.1 Å². The van der Waals surface area contributed by atoms with Gasteiger partial charge in [0, 0.05) is 40.9 Å².